The van der Waals surface area contributed by atoms with E-state index in [0.717, 1.165) is 5.75 Å². The third-order valence-corrected chi connectivity index (χ3v) is 4.11. The zero-order valence-corrected chi connectivity index (χ0v) is 11.3. The van der Waals surface area contributed by atoms with Crippen LogP contribution in [0.5, 0.6) is 0 Å². The van der Waals surface area contributed by atoms with Crippen molar-refractivity contribution in [2.45, 2.75) is 17.4 Å². The van der Waals surface area contributed by atoms with Crippen LogP contribution < -0.4 is 0 Å². The number of carboxylic acid groups (broad SMARTS) is 1. The maximum atomic E-state index is 10.3. The van der Waals surface area contributed by atoms with E-state index in [9.17, 15) is 4.79 Å². The van der Waals surface area contributed by atoms with Crippen LogP contribution in [0.15, 0.2) is 33.6 Å². The fraction of sp³-hybridized carbons (Fsp3) is 0.308. The van der Waals surface area contributed by atoms with Gasteiger partial charge in [-0.15, -0.1) is 22.0 Å². The van der Waals surface area contributed by atoms with Gasteiger partial charge in [-0.25, -0.2) is 4.79 Å². The van der Waals surface area contributed by atoms with Crippen molar-refractivity contribution in [1.82, 2.24) is 10.2 Å². The molecule has 3 rings (SSSR count). The normalized spacial score (nSPS) is 17.1. The summed E-state index contributed by atoms with van der Waals surface area (Å²) in [7, 11) is 0. The van der Waals surface area contributed by atoms with E-state index in [1.165, 1.54) is 10.5 Å². The summed E-state index contributed by atoms with van der Waals surface area (Å²) in [5, 5.41) is 16.4. The molecule has 0 saturated carbocycles. The summed E-state index contributed by atoms with van der Waals surface area (Å²) in [4.78, 5) is 11.6. The molecule has 1 aromatic carbocycles. The van der Waals surface area contributed by atoms with Crippen LogP contribution in [0.4, 0.5) is 0 Å². The smallest absolute Gasteiger partial charge is 0.329 e. The van der Waals surface area contributed by atoms with E-state index >= 15 is 0 Å². The average molecular weight is 292 g/mol. The third kappa shape index (κ3) is 2.68. The zero-order valence-electron chi connectivity index (χ0n) is 10.5. The van der Waals surface area contributed by atoms with Gasteiger partial charge in [-0.3, -0.25) is 0 Å². The second-order valence-electron chi connectivity index (χ2n) is 4.32. The Labute approximate surface area is 119 Å². The number of fused-ring (bicyclic) bond motifs is 1. The maximum absolute atomic E-state index is 10.3. The number of hydrogen-bond acceptors (Lipinski definition) is 6. The van der Waals surface area contributed by atoms with Crippen molar-refractivity contribution in [2.24, 2.45) is 0 Å². The highest BCUT2D eigenvalue weighted by Crippen LogP contribution is 2.42. The lowest BCUT2D eigenvalue weighted by Gasteiger charge is -2.04. The highest BCUT2D eigenvalue weighted by molar-refractivity contribution is 7.99. The molecule has 6 nitrogen and oxygen atoms in total. The van der Waals surface area contributed by atoms with Crippen molar-refractivity contribution in [1.29, 1.82) is 0 Å². The first-order chi connectivity index (χ1) is 9.74. The van der Waals surface area contributed by atoms with Crippen LogP contribution in [-0.2, 0) is 16.1 Å². The van der Waals surface area contributed by atoms with E-state index in [1.807, 2.05) is 12.1 Å². The number of thioether (sulfide) groups is 1. The molecule has 1 aliphatic heterocycles. The zero-order chi connectivity index (χ0) is 13.9. The molecule has 1 aliphatic rings. The molecule has 0 amide bonds. The number of nitrogens with zero attached hydrogens (tertiary/aromatic N) is 2. The van der Waals surface area contributed by atoms with Gasteiger partial charge in [-0.1, -0.05) is 18.2 Å². The molecule has 0 fully saturated rings. The molecule has 0 spiro atoms. The lowest BCUT2D eigenvalue weighted by atomic mass is 10.0. The minimum atomic E-state index is -1.02. The van der Waals surface area contributed by atoms with Crippen LogP contribution in [0.3, 0.4) is 0 Å². The Hall–Kier alpha value is -1.86. The summed E-state index contributed by atoms with van der Waals surface area (Å²) in [5.74, 6) is 0.798. The summed E-state index contributed by atoms with van der Waals surface area (Å²) in [6.07, 6.45) is 0. The molecule has 0 radical (unpaired) electrons. The summed E-state index contributed by atoms with van der Waals surface area (Å²) >= 11 is 1.77. The molecule has 1 unspecified atom stereocenters. The van der Waals surface area contributed by atoms with Gasteiger partial charge in [-0.05, 0) is 11.6 Å². The molecule has 0 bridgehead atoms. The minimum Gasteiger partial charge on any atom is -0.480 e. The predicted molar refractivity (Wildman–Crippen MR) is 70.6 cm³/mol. The number of benzene rings is 1. The third-order valence-electron chi connectivity index (χ3n) is 2.93. The number of rotatable bonds is 5. The number of ether oxygens (including phenoxy) is 1. The predicted octanol–water partition coefficient (Wildman–Crippen LogP) is 1.91. The lowest BCUT2D eigenvalue weighted by Crippen LogP contribution is -2.06. The maximum Gasteiger partial charge on any atom is 0.329 e. The van der Waals surface area contributed by atoms with E-state index in [1.54, 1.807) is 11.8 Å². The number of aromatic nitrogens is 2. The molecule has 1 atom stereocenters. The molecule has 7 heteroatoms. The van der Waals surface area contributed by atoms with Crippen molar-refractivity contribution in [3.63, 3.8) is 0 Å². The van der Waals surface area contributed by atoms with Gasteiger partial charge in [0.15, 0.2) is 0 Å². The largest absolute Gasteiger partial charge is 0.480 e. The summed E-state index contributed by atoms with van der Waals surface area (Å²) in [6, 6.07) is 8.14. The van der Waals surface area contributed by atoms with E-state index in [4.69, 9.17) is 14.3 Å². The van der Waals surface area contributed by atoms with E-state index in [2.05, 4.69) is 22.3 Å². The monoisotopic (exact) mass is 292 g/mol. The van der Waals surface area contributed by atoms with Crippen LogP contribution >= 0.6 is 11.8 Å². The van der Waals surface area contributed by atoms with Gasteiger partial charge in [0.2, 0.25) is 11.8 Å². The van der Waals surface area contributed by atoms with Gasteiger partial charge in [0.25, 0.3) is 0 Å². The van der Waals surface area contributed by atoms with Crippen LogP contribution in [-0.4, -0.2) is 33.6 Å². The van der Waals surface area contributed by atoms with E-state index in [0.29, 0.717) is 11.8 Å². The average Bonchev–Trinajstić information content (AvgIpc) is 3.04. The molecule has 0 aliphatic carbocycles. The molecule has 1 N–H and O–H groups in total. The Morgan fingerprint density at radius 3 is 3.15 bits per heavy atom. The molecular formula is C13H12N2O4S. The van der Waals surface area contributed by atoms with Gasteiger partial charge in [0.1, 0.15) is 13.2 Å². The van der Waals surface area contributed by atoms with E-state index in [-0.39, 0.29) is 19.1 Å². The number of carbonyl (C=O) groups is 1. The van der Waals surface area contributed by atoms with Gasteiger partial charge in [0.05, 0.1) is 5.92 Å². The first-order valence-electron chi connectivity index (χ1n) is 6.07. The fourth-order valence-electron chi connectivity index (χ4n) is 2.06. The standard InChI is InChI=1S/C13H12N2O4S/c16-12(17)6-18-5-11-14-15-13(19-11)9-7-20-10-4-2-1-3-8(9)10/h1-4,9H,5-7H2,(H,16,17). The lowest BCUT2D eigenvalue weighted by molar-refractivity contribution is -0.142. The highest BCUT2D eigenvalue weighted by Gasteiger charge is 2.28. The van der Waals surface area contributed by atoms with Crippen LogP contribution in [0.2, 0.25) is 0 Å². The van der Waals surface area contributed by atoms with Crippen molar-refractivity contribution in [3.8, 4) is 0 Å². The summed E-state index contributed by atoms with van der Waals surface area (Å²) in [6.45, 7) is -0.360. The Morgan fingerprint density at radius 1 is 1.45 bits per heavy atom. The highest BCUT2D eigenvalue weighted by atomic mass is 32.2. The van der Waals surface area contributed by atoms with Crippen molar-refractivity contribution in [3.05, 3.63) is 41.6 Å². The Morgan fingerprint density at radius 2 is 2.30 bits per heavy atom. The minimum absolute atomic E-state index is 0.0147. The molecule has 2 aromatic rings. The van der Waals surface area contributed by atoms with Crippen molar-refractivity contribution < 1.29 is 19.1 Å². The molecule has 104 valence electrons. The van der Waals surface area contributed by atoms with Crippen molar-refractivity contribution >= 4 is 17.7 Å². The first-order valence-corrected chi connectivity index (χ1v) is 7.06. The Bertz CT molecular complexity index is 628. The summed E-state index contributed by atoms with van der Waals surface area (Å²) < 4.78 is 10.5. The number of hydrogen-bond donors (Lipinski definition) is 1. The summed E-state index contributed by atoms with van der Waals surface area (Å²) in [5.41, 5.74) is 1.19. The van der Waals surface area contributed by atoms with Gasteiger partial charge in [-0.2, -0.15) is 0 Å². The topological polar surface area (TPSA) is 85.5 Å². The van der Waals surface area contributed by atoms with Crippen molar-refractivity contribution in [2.75, 3.05) is 12.4 Å². The van der Waals surface area contributed by atoms with Gasteiger partial charge >= 0.3 is 5.97 Å². The van der Waals surface area contributed by atoms with Crippen LogP contribution in [0, 0.1) is 0 Å². The quantitative estimate of drug-likeness (QED) is 0.900. The molecule has 0 saturated heterocycles. The first kappa shape index (κ1) is 13.1. The molecular weight excluding hydrogens is 280 g/mol. The van der Waals surface area contributed by atoms with Crippen LogP contribution in [0.25, 0.3) is 0 Å². The van der Waals surface area contributed by atoms with Gasteiger partial charge < -0.3 is 14.3 Å². The van der Waals surface area contributed by atoms with Crippen LogP contribution in [0.1, 0.15) is 23.3 Å². The molecule has 2 heterocycles. The second kappa shape index (κ2) is 5.64. The number of aliphatic carboxylic acids is 1. The number of carboxylic acids is 1. The van der Waals surface area contributed by atoms with E-state index < -0.39 is 5.97 Å². The SMILES string of the molecule is O=C(O)COCc1nnc(C2CSc3ccccc32)o1. The van der Waals surface area contributed by atoms with Gasteiger partial charge in [0, 0.05) is 10.6 Å². The Balaban J connectivity index is 1.70. The second-order valence-corrected chi connectivity index (χ2v) is 5.38. The Kier molecular flexibility index (Phi) is 3.70. The molecule has 1 aromatic heterocycles. The molecule has 20 heavy (non-hydrogen) atoms. The fourth-order valence-corrected chi connectivity index (χ4v) is 3.28.